The third-order valence-corrected chi connectivity index (χ3v) is 3.45. The van der Waals surface area contributed by atoms with Crippen molar-refractivity contribution in [2.24, 2.45) is 0 Å². The summed E-state index contributed by atoms with van der Waals surface area (Å²) in [5.41, 5.74) is 0.810. The summed E-state index contributed by atoms with van der Waals surface area (Å²) >= 11 is 0. The number of hydrogen-bond acceptors (Lipinski definition) is 5. The molecule has 0 spiro atoms. The highest BCUT2D eigenvalue weighted by molar-refractivity contribution is 5.74. The smallest absolute Gasteiger partial charge is 0.321 e. The summed E-state index contributed by atoms with van der Waals surface area (Å²) in [4.78, 5) is 23.5. The van der Waals surface area contributed by atoms with Gasteiger partial charge in [-0.1, -0.05) is 12.1 Å². The zero-order chi connectivity index (χ0) is 14.5. The van der Waals surface area contributed by atoms with Gasteiger partial charge >= 0.3 is 5.97 Å². The van der Waals surface area contributed by atoms with Crippen LogP contribution in [-0.4, -0.2) is 53.1 Å². The van der Waals surface area contributed by atoms with Crippen molar-refractivity contribution in [3.05, 3.63) is 39.9 Å². The second-order valence-electron chi connectivity index (χ2n) is 4.77. The Morgan fingerprint density at radius 3 is 2.45 bits per heavy atom. The van der Waals surface area contributed by atoms with Crippen LogP contribution in [0, 0.1) is 10.1 Å². The van der Waals surface area contributed by atoms with E-state index in [9.17, 15) is 20.0 Å². The quantitative estimate of drug-likeness (QED) is 0.602. The number of carboxylic acids is 1. The Balaban J connectivity index is 2.07. The Kier molecular flexibility index (Phi) is 4.65. The molecule has 108 valence electrons. The number of nitrogens with zero attached hydrogens (tertiary/aromatic N) is 2. The molecule has 1 atom stereocenters. The van der Waals surface area contributed by atoms with Crippen LogP contribution < -0.4 is 5.32 Å². The van der Waals surface area contributed by atoms with Crippen LogP contribution in [0.1, 0.15) is 5.56 Å². The lowest BCUT2D eigenvalue weighted by Gasteiger charge is -2.32. The van der Waals surface area contributed by atoms with Gasteiger partial charge < -0.3 is 10.4 Å². The minimum absolute atomic E-state index is 0.0165. The Hall–Kier alpha value is -1.99. The lowest BCUT2D eigenvalue weighted by molar-refractivity contribution is -0.384. The largest absolute Gasteiger partial charge is 0.480 e. The third-order valence-electron chi connectivity index (χ3n) is 3.45. The summed E-state index contributed by atoms with van der Waals surface area (Å²) < 4.78 is 0. The van der Waals surface area contributed by atoms with Crippen LogP contribution in [0.15, 0.2) is 24.3 Å². The zero-order valence-corrected chi connectivity index (χ0v) is 11.0. The van der Waals surface area contributed by atoms with Crippen LogP contribution in [0.3, 0.4) is 0 Å². The molecule has 20 heavy (non-hydrogen) atoms. The number of nitro groups is 1. The molecule has 1 aromatic carbocycles. The van der Waals surface area contributed by atoms with Crippen LogP contribution in [0.25, 0.3) is 0 Å². The van der Waals surface area contributed by atoms with E-state index in [1.807, 2.05) is 4.90 Å². The van der Waals surface area contributed by atoms with Crippen LogP contribution in [0.4, 0.5) is 5.69 Å². The van der Waals surface area contributed by atoms with Crippen molar-refractivity contribution in [1.82, 2.24) is 10.2 Å². The van der Waals surface area contributed by atoms with E-state index in [0.29, 0.717) is 19.5 Å². The molecule has 0 radical (unpaired) electrons. The van der Waals surface area contributed by atoms with Crippen molar-refractivity contribution in [2.75, 3.05) is 26.2 Å². The monoisotopic (exact) mass is 279 g/mol. The lowest BCUT2D eigenvalue weighted by Crippen LogP contribution is -2.52. The molecule has 7 nitrogen and oxygen atoms in total. The van der Waals surface area contributed by atoms with E-state index in [-0.39, 0.29) is 5.69 Å². The summed E-state index contributed by atoms with van der Waals surface area (Å²) in [6.45, 7) is 2.96. The highest BCUT2D eigenvalue weighted by Gasteiger charge is 2.26. The number of rotatable bonds is 5. The van der Waals surface area contributed by atoms with Gasteiger partial charge in [0.25, 0.3) is 5.69 Å². The lowest BCUT2D eigenvalue weighted by atomic mass is 10.0. The van der Waals surface area contributed by atoms with Gasteiger partial charge in [-0.2, -0.15) is 0 Å². The fourth-order valence-corrected chi connectivity index (χ4v) is 2.34. The molecule has 7 heteroatoms. The maximum absolute atomic E-state index is 11.4. The molecule has 1 aromatic rings. The molecule has 1 saturated heterocycles. The molecular weight excluding hydrogens is 262 g/mol. The summed E-state index contributed by atoms with van der Waals surface area (Å²) in [6, 6.07) is 5.48. The predicted molar refractivity (Wildman–Crippen MR) is 72.7 cm³/mol. The number of piperazine rings is 1. The molecule has 2 N–H and O–H groups in total. The third kappa shape index (κ3) is 3.52. The van der Waals surface area contributed by atoms with Gasteiger partial charge in [0.1, 0.15) is 6.04 Å². The number of non-ortho nitro benzene ring substituents is 1. The zero-order valence-electron chi connectivity index (χ0n) is 11.0. The molecule has 0 aromatic heterocycles. The molecule has 2 rings (SSSR count). The van der Waals surface area contributed by atoms with Crippen LogP contribution >= 0.6 is 0 Å². The molecule has 1 fully saturated rings. The molecule has 0 unspecified atom stereocenters. The Morgan fingerprint density at radius 2 is 1.95 bits per heavy atom. The SMILES string of the molecule is O=C(O)[C@H](Cc1ccc([N+](=O)[O-])cc1)N1CCNCC1. The summed E-state index contributed by atoms with van der Waals surface area (Å²) in [6.07, 6.45) is 0.354. The van der Waals surface area contributed by atoms with Crippen molar-refractivity contribution in [3.8, 4) is 0 Å². The molecule has 0 amide bonds. The fraction of sp³-hybridized carbons (Fsp3) is 0.462. The number of nitro benzene ring substituents is 1. The van der Waals surface area contributed by atoms with Gasteiger partial charge in [-0.3, -0.25) is 19.8 Å². The van der Waals surface area contributed by atoms with Crippen molar-refractivity contribution in [2.45, 2.75) is 12.5 Å². The highest BCUT2D eigenvalue weighted by atomic mass is 16.6. The topological polar surface area (TPSA) is 95.7 Å². The van der Waals surface area contributed by atoms with Gasteiger partial charge in [-0.15, -0.1) is 0 Å². The number of carbonyl (C=O) groups is 1. The molecule has 1 aliphatic rings. The van der Waals surface area contributed by atoms with E-state index in [4.69, 9.17) is 0 Å². The first-order valence-corrected chi connectivity index (χ1v) is 6.49. The fourth-order valence-electron chi connectivity index (χ4n) is 2.34. The van der Waals surface area contributed by atoms with E-state index >= 15 is 0 Å². The normalized spacial score (nSPS) is 17.6. The minimum atomic E-state index is -0.856. The second-order valence-corrected chi connectivity index (χ2v) is 4.77. The Bertz CT molecular complexity index is 483. The number of nitrogens with one attached hydrogen (secondary N) is 1. The number of aliphatic carboxylic acids is 1. The number of benzene rings is 1. The Labute approximate surface area is 116 Å². The van der Waals surface area contributed by atoms with E-state index in [1.165, 1.54) is 12.1 Å². The first-order chi connectivity index (χ1) is 9.58. The number of hydrogen-bond donors (Lipinski definition) is 2. The van der Waals surface area contributed by atoms with Gasteiger partial charge in [0.15, 0.2) is 0 Å². The van der Waals surface area contributed by atoms with Crippen LogP contribution in [0.5, 0.6) is 0 Å². The molecule has 1 heterocycles. The minimum Gasteiger partial charge on any atom is -0.480 e. The molecule has 0 aliphatic carbocycles. The molecular formula is C13H17N3O4. The second kappa shape index (κ2) is 6.44. The van der Waals surface area contributed by atoms with Crippen molar-refractivity contribution >= 4 is 11.7 Å². The first kappa shape index (κ1) is 14.4. The molecule has 0 bridgehead atoms. The predicted octanol–water partition coefficient (Wildman–Crippen LogP) is 0.496. The van der Waals surface area contributed by atoms with E-state index in [2.05, 4.69) is 5.32 Å². The van der Waals surface area contributed by atoms with Crippen molar-refractivity contribution < 1.29 is 14.8 Å². The molecule has 1 aliphatic heterocycles. The average Bonchev–Trinajstić information content (AvgIpc) is 2.46. The van der Waals surface area contributed by atoms with Gasteiger partial charge in [0, 0.05) is 38.3 Å². The van der Waals surface area contributed by atoms with E-state index < -0.39 is 16.9 Å². The van der Waals surface area contributed by atoms with Crippen LogP contribution in [0.2, 0.25) is 0 Å². The van der Waals surface area contributed by atoms with E-state index in [0.717, 1.165) is 18.7 Å². The van der Waals surface area contributed by atoms with Crippen LogP contribution in [-0.2, 0) is 11.2 Å². The standard InChI is InChI=1S/C13H17N3O4/c17-13(18)12(15-7-5-14-6-8-15)9-10-1-3-11(4-2-10)16(19)20/h1-4,12,14H,5-9H2,(H,17,18)/t12-/m0/s1. The Morgan fingerprint density at radius 1 is 1.35 bits per heavy atom. The van der Waals surface area contributed by atoms with Gasteiger partial charge in [0.05, 0.1) is 4.92 Å². The maximum atomic E-state index is 11.4. The summed E-state index contributed by atoms with van der Waals surface area (Å²) in [5, 5.41) is 23.1. The van der Waals surface area contributed by atoms with Gasteiger partial charge in [0.2, 0.25) is 0 Å². The summed E-state index contributed by atoms with van der Waals surface area (Å²) in [5.74, 6) is -0.856. The average molecular weight is 279 g/mol. The maximum Gasteiger partial charge on any atom is 0.321 e. The van der Waals surface area contributed by atoms with E-state index in [1.54, 1.807) is 12.1 Å². The molecule has 0 saturated carbocycles. The number of carboxylic acid groups (broad SMARTS) is 1. The van der Waals surface area contributed by atoms with Crippen molar-refractivity contribution in [1.29, 1.82) is 0 Å². The highest BCUT2D eigenvalue weighted by Crippen LogP contribution is 2.15. The van der Waals surface area contributed by atoms with Gasteiger partial charge in [-0.25, -0.2) is 0 Å². The van der Waals surface area contributed by atoms with Crippen molar-refractivity contribution in [3.63, 3.8) is 0 Å². The first-order valence-electron chi connectivity index (χ1n) is 6.49. The van der Waals surface area contributed by atoms with Gasteiger partial charge in [-0.05, 0) is 12.0 Å². The summed E-state index contributed by atoms with van der Waals surface area (Å²) in [7, 11) is 0.